The van der Waals surface area contributed by atoms with Crippen molar-refractivity contribution >= 4 is 0 Å². The van der Waals surface area contributed by atoms with Gasteiger partial charge in [0.15, 0.2) is 0 Å². The maximum atomic E-state index is 3.72. The minimum absolute atomic E-state index is 0. The molecule has 0 unspecified atom stereocenters. The predicted molar refractivity (Wildman–Crippen MR) is 108 cm³/mol. The van der Waals surface area contributed by atoms with Crippen LogP contribution in [0.2, 0.25) is 0 Å². The molecule has 0 fully saturated rings. The molecule has 0 atom stereocenters. The van der Waals surface area contributed by atoms with Gasteiger partial charge in [0.25, 0.3) is 0 Å². The first-order valence-corrected chi connectivity index (χ1v) is 7.79. The Labute approximate surface area is 179 Å². The van der Waals surface area contributed by atoms with Crippen LogP contribution in [0.5, 0.6) is 0 Å². The molecule has 3 aromatic carbocycles. The Morgan fingerprint density at radius 1 is 0.480 bits per heavy atom. The zero-order valence-corrected chi connectivity index (χ0v) is 18.2. The maximum absolute atomic E-state index is 3.72. The second kappa shape index (κ2) is 18.7. The van der Waals surface area contributed by atoms with Gasteiger partial charge < -0.3 is 5.32 Å². The van der Waals surface area contributed by atoms with Crippen molar-refractivity contribution in [2.45, 2.75) is 0 Å². The molecular weight excluding hydrogens is 379 g/mol. The van der Waals surface area contributed by atoms with Gasteiger partial charge in [-0.15, -0.1) is 36.4 Å². The SMILES string of the molecule is CNC.[CH2-]c1ccccc1.[CH2-]c1ccccc1.[CH2-]c1ccccc1.[Y+3]. The van der Waals surface area contributed by atoms with Crippen LogP contribution in [-0.4, -0.2) is 14.1 Å². The minimum Gasteiger partial charge on any atom is -0.323 e. The van der Waals surface area contributed by atoms with Crippen molar-refractivity contribution in [1.29, 1.82) is 0 Å². The fourth-order valence-electron chi connectivity index (χ4n) is 1.43. The van der Waals surface area contributed by atoms with E-state index in [1.807, 2.05) is 105 Å². The van der Waals surface area contributed by atoms with Crippen LogP contribution in [0.3, 0.4) is 0 Å². The Morgan fingerprint density at radius 2 is 0.640 bits per heavy atom. The van der Waals surface area contributed by atoms with Gasteiger partial charge in [-0.2, -0.15) is 73.9 Å². The second-order valence-corrected chi connectivity index (χ2v) is 4.96. The molecule has 0 aliphatic carbocycles. The van der Waals surface area contributed by atoms with Gasteiger partial charge in [0, 0.05) is 0 Å². The summed E-state index contributed by atoms with van der Waals surface area (Å²) in [7, 11) is 3.75. The molecule has 0 spiro atoms. The molecule has 0 aliphatic heterocycles. The van der Waals surface area contributed by atoms with Crippen molar-refractivity contribution in [3.63, 3.8) is 0 Å². The molecule has 0 amide bonds. The first-order chi connectivity index (χ1) is 11.6. The topological polar surface area (TPSA) is 12.0 Å². The Bertz CT molecular complexity index is 506. The largest absolute Gasteiger partial charge is 3.00 e. The average molecular weight is 407 g/mol. The van der Waals surface area contributed by atoms with Crippen molar-refractivity contribution in [2.75, 3.05) is 14.1 Å². The molecule has 0 aromatic heterocycles. The molecule has 1 nitrogen and oxygen atoms in total. The molecule has 3 rings (SSSR count). The third kappa shape index (κ3) is 18.5. The molecule has 0 bridgehead atoms. The van der Waals surface area contributed by atoms with Crippen molar-refractivity contribution in [1.82, 2.24) is 5.32 Å². The number of rotatable bonds is 0. The van der Waals surface area contributed by atoms with Gasteiger partial charge in [0.1, 0.15) is 0 Å². The van der Waals surface area contributed by atoms with E-state index in [0.29, 0.717) is 0 Å². The predicted octanol–water partition coefficient (Wildman–Crippen LogP) is 5.44. The van der Waals surface area contributed by atoms with Gasteiger partial charge in [0.2, 0.25) is 0 Å². The van der Waals surface area contributed by atoms with E-state index >= 15 is 0 Å². The molecular formula is C23H28NY. The average Bonchev–Trinajstić information content (AvgIpc) is 2.59. The van der Waals surface area contributed by atoms with E-state index in [2.05, 4.69) is 26.1 Å². The Hall–Kier alpha value is -1.67. The van der Waals surface area contributed by atoms with Gasteiger partial charge in [-0.3, -0.25) is 0 Å². The Kier molecular flexibility index (Phi) is 19.1. The summed E-state index contributed by atoms with van der Waals surface area (Å²) in [6.07, 6.45) is 0. The number of hydrogen-bond donors (Lipinski definition) is 1. The van der Waals surface area contributed by atoms with Gasteiger partial charge in [-0.1, -0.05) is 18.2 Å². The standard InChI is InChI=1S/3C7H7.C2H7N.Y/c3*1-7-5-3-2-4-6-7;1-3-2;/h3*2-6H,1H2;3H,1-2H3;/q3*-1;;+3. The van der Waals surface area contributed by atoms with Gasteiger partial charge in [-0.05, 0) is 14.1 Å². The second-order valence-electron chi connectivity index (χ2n) is 4.96. The van der Waals surface area contributed by atoms with Gasteiger partial charge >= 0.3 is 32.7 Å². The molecule has 0 saturated heterocycles. The summed E-state index contributed by atoms with van der Waals surface area (Å²) >= 11 is 0. The van der Waals surface area contributed by atoms with E-state index in [0.717, 1.165) is 16.7 Å². The van der Waals surface area contributed by atoms with Crippen LogP contribution in [0.15, 0.2) is 91.0 Å². The summed E-state index contributed by atoms with van der Waals surface area (Å²) < 4.78 is 0. The van der Waals surface area contributed by atoms with E-state index in [9.17, 15) is 0 Å². The number of hydrogen-bond acceptors (Lipinski definition) is 1. The molecule has 0 saturated carbocycles. The van der Waals surface area contributed by atoms with Crippen LogP contribution in [0.25, 0.3) is 0 Å². The first-order valence-electron chi connectivity index (χ1n) is 7.79. The van der Waals surface area contributed by atoms with Crippen molar-refractivity contribution in [2.24, 2.45) is 0 Å². The van der Waals surface area contributed by atoms with E-state index in [1.54, 1.807) is 0 Å². The summed E-state index contributed by atoms with van der Waals surface area (Å²) in [6, 6.07) is 29.6. The van der Waals surface area contributed by atoms with Crippen molar-refractivity contribution in [3.8, 4) is 0 Å². The molecule has 128 valence electrons. The molecule has 0 radical (unpaired) electrons. The zero-order chi connectivity index (χ0) is 18.0. The smallest absolute Gasteiger partial charge is 0.323 e. The summed E-state index contributed by atoms with van der Waals surface area (Å²) in [4.78, 5) is 0. The van der Waals surface area contributed by atoms with E-state index in [4.69, 9.17) is 0 Å². The number of benzene rings is 3. The Morgan fingerprint density at radius 3 is 0.720 bits per heavy atom. The quantitative estimate of drug-likeness (QED) is 0.490. The van der Waals surface area contributed by atoms with Crippen LogP contribution < -0.4 is 5.32 Å². The fourth-order valence-corrected chi connectivity index (χ4v) is 1.43. The van der Waals surface area contributed by atoms with Crippen LogP contribution >= 0.6 is 0 Å². The van der Waals surface area contributed by atoms with Crippen molar-refractivity contribution in [3.05, 3.63) is 128 Å². The van der Waals surface area contributed by atoms with Crippen LogP contribution in [-0.2, 0) is 32.7 Å². The summed E-state index contributed by atoms with van der Waals surface area (Å²) in [5.74, 6) is 0. The maximum Gasteiger partial charge on any atom is 3.00 e. The van der Waals surface area contributed by atoms with Gasteiger partial charge in [0.05, 0.1) is 0 Å². The first kappa shape index (κ1) is 25.6. The molecule has 2 heteroatoms. The molecule has 3 aromatic rings. The summed E-state index contributed by atoms with van der Waals surface area (Å²) in [5.41, 5.74) is 3.22. The molecule has 0 aliphatic rings. The summed E-state index contributed by atoms with van der Waals surface area (Å²) in [5, 5.41) is 2.75. The normalized spacial score (nSPS) is 7.92. The van der Waals surface area contributed by atoms with E-state index in [1.165, 1.54) is 0 Å². The fraction of sp³-hybridized carbons (Fsp3) is 0.0870. The van der Waals surface area contributed by atoms with Crippen LogP contribution in [0.4, 0.5) is 0 Å². The molecule has 1 N–H and O–H groups in total. The van der Waals surface area contributed by atoms with E-state index < -0.39 is 0 Å². The Balaban J connectivity index is 0. The molecule has 25 heavy (non-hydrogen) atoms. The monoisotopic (exact) mass is 407 g/mol. The third-order valence-electron chi connectivity index (χ3n) is 2.53. The summed E-state index contributed by atoms with van der Waals surface area (Å²) in [6.45, 7) is 11.2. The van der Waals surface area contributed by atoms with Crippen molar-refractivity contribution < 1.29 is 32.7 Å². The van der Waals surface area contributed by atoms with Crippen LogP contribution in [0, 0.1) is 20.8 Å². The molecule has 0 heterocycles. The number of nitrogens with one attached hydrogen (secondary N) is 1. The van der Waals surface area contributed by atoms with Gasteiger partial charge in [-0.25, -0.2) is 0 Å². The van der Waals surface area contributed by atoms with E-state index in [-0.39, 0.29) is 32.7 Å². The minimum atomic E-state index is 0. The zero-order valence-electron chi connectivity index (χ0n) is 15.4. The van der Waals surface area contributed by atoms with Crippen LogP contribution in [0.1, 0.15) is 16.7 Å². The third-order valence-corrected chi connectivity index (χ3v) is 2.53.